The standard InChI is InChI=1S/C32H47FO2/c1-6-9-19-32(34)31(28(8-3)25-30(35-5)16-7-2)18-15-13-11-10-12-14-17-26(4)24-27-20-22-29(33)23-21-27/h7,16,18,20-23,25-26H,2,6,8-15,17,19,24H2,1,3-5H3/b28-25+,30-16+,31-18+. The zero-order valence-corrected chi connectivity index (χ0v) is 22.6. The van der Waals surface area contributed by atoms with Crippen molar-refractivity contribution in [2.45, 2.75) is 97.8 Å². The lowest BCUT2D eigenvalue weighted by Gasteiger charge is -2.12. The van der Waals surface area contributed by atoms with Crippen molar-refractivity contribution in [3.05, 3.63) is 83.4 Å². The minimum absolute atomic E-state index is 0.167. The molecule has 0 amide bonds. The minimum atomic E-state index is -0.167. The number of carbonyl (C=O) groups excluding carboxylic acids is 1. The molecule has 0 aliphatic heterocycles. The van der Waals surface area contributed by atoms with Gasteiger partial charge in [-0.05, 0) is 73.4 Å². The van der Waals surface area contributed by atoms with E-state index in [0.717, 1.165) is 55.4 Å². The molecule has 0 heterocycles. The van der Waals surface area contributed by atoms with Gasteiger partial charge in [0.05, 0.1) is 7.11 Å². The normalized spacial score (nSPS) is 13.6. The largest absolute Gasteiger partial charge is 0.497 e. The van der Waals surface area contributed by atoms with E-state index in [1.54, 1.807) is 25.3 Å². The van der Waals surface area contributed by atoms with Crippen LogP contribution in [0, 0.1) is 11.7 Å². The van der Waals surface area contributed by atoms with Crippen LogP contribution in [0.1, 0.15) is 97.0 Å². The van der Waals surface area contributed by atoms with Gasteiger partial charge in [0.1, 0.15) is 11.6 Å². The molecule has 0 aromatic heterocycles. The summed E-state index contributed by atoms with van der Waals surface area (Å²) in [5, 5.41) is 0. The average molecular weight is 483 g/mol. The van der Waals surface area contributed by atoms with E-state index in [2.05, 4.69) is 33.4 Å². The fraction of sp³-hybridized carbons (Fsp3) is 0.531. The number of halogens is 1. The molecule has 0 radical (unpaired) electrons. The highest BCUT2D eigenvalue weighted by atomic mass is 19.1. The summed E-state index contributed by atoms with van der Waals surface area (Å²) in [7, 11) is 1.64. The Labute approximate surface area is 214 Å². The summed E-state index contributed by atoms with van der Waals surface area (Å²) in [6.45, 7) is 10.2. The summed E-state index contributed by atoms with van der Waals surface area (Å²) in [6.07, 6.45) is 20.1. The van der Waals surface area contributed by atoms with Crippen molar-refractivity contribution in [3.63, 3.8) is 0 Å². The Bertz CT molecular complexity index is 830. The fourth-order valence-electron chi connectivity index (χ4n) is 4.27. The van der Waals surface area contributed by atoms with Crippen molar-refractivity contribution >= 4 is 5.78 Å². The van der Waals surface area contributed by atoms with Crippen LogP contribution in [-0.4, -0.2) is 12.9 Å². The van der Waals surface area contributed by atoms with E-state index in [0.29, 0.717) is 12.3 Å². The molecular weight excluding hydrogens is 435 g/mol. The number of unbranched alkanes of at least 4 members (excludes halogenated alkanes) is 6. The SMILES string of the molecule is C=C\C=C(/C=C(CC)/C(=C\CCCCCCCC(C)Cc1ccc(F)cc1)C(=O)CCCC)OC. The maximum absolute atomic E-state index is 13.1. The second kappa shape index (κ2) is 18.9. The number of carbonyl (C=O) groups is 1. The molecule has 0 aliphatic rings. The van der Waals surface area contributed by atoms with Gasteiger partial charge >= 0.3 is 0 Å². The zero-order chi connectivity index (χ0) is 25.9. The van der Waals surface area contributed by atoms with Gasteiger partial charge in [-0.15, -0.1) is 0 Å². The third kappa shape index (κ3) is 13.3. The summed E-state index contributed by atoms with van der Waals surface area (Å²) >= 11 is 0. The van der Waals surface area contributed by atoms with E-state index in [9.17, 15) is 9.18 Å². The van der Waals surface area contributed by atoms with Crippen LogP contribution < -0.4 is 0 Å². The zero-order valence-electron chi connectivity index (χ0n) is 22.6. The van der Waals surface area contributed by atoms with Gasteiger partial charge in [-0.3, -0.25) is 4.79 Å². The smallest absolute Gasteiger partial charge is 0.162 e. The van der Waals surface area contributed by atoms with Crippen LogP contribution in [0.25, 0.3) is 0 Å². The van der Waals surface area contributed by atoms with E-state index in [-0.39, 0.29) is 11.6 Å². The molecule has 1 unspecified atom stereocenters. The first-order chi connectivity index (χ1) is 16.9. The van der Waals surface area contributed by atoms with Crippen LogP contribution in [0.4, 0.5) is 4.39 Å². The van der Waals surface area contributed by atoms with Crippen molar-refractivity contribution in [1.29, 1.82) is 0 Å². The number of allylic oxidation sites excluding steroid dienone is 6. The van der Waals surface area contributed by atoms with Crippen molar-refractivity contribution < 1.29 is 13.9 Å². The summed E-state index contributed by atoms with van der Waals surface area (Å²) in [5.41, 5.74) is 3.12. The molecular formula is C32H47FO2. The van der Waals surface area contributed by atoms with Crippen molar-refractivity contribution in [3.8, 4) is 0 Å². The third-order valence-electron chi connectivity index (χ3n) is 6.37. The molecule has 0 saturated heterocycles. The number of Topliss-reactive ketones (excluding diaryl/α,β-unsaturated/α-hetero) is 1. The van der Waals surface area contributed by atoms with Crippen molar-refractivity contribution in [1.82, 2.24) is 0 Å². The van der Waals surface area contributed by atoms with Crippen LogP contribution in [0.3, 0.4) is 0 Å². The first-order valence-corrected chi connectivity index (χ1v) is 13.5. The van der Waals surface area contributed by atoms with Crippen LogP contribution in [-0.2, 0) is 16.0 Å². The number of benzene rings is 1. The second-order valence-electron chi connectivity index (χ2n) is 9.46. The van der Waals surface area contributed by atoms with Crippen LogP contribution in [0.15, 0.2) is 72.1 Å². The maximum Gasteiger partial charge on any atom is 0.162 e. The Kier molecular flexibility index (Phi) is 16.5. The quantitative estimate of drug-likeness (QED) is 0.0849. The Morgan fingerprint density at radius 3 is 2.37 bits per heavy atom. The minimum Gasteiger partial charge on any atom is -0.497 e. The maximum atomic E-state index is 13.1. The predicted octanol–water partition coefficient (Wildman–Crippen LogP) is 9.47. The number of rotatable bonds is 19. The highest BCUT2D eigenvalue weighted by Crippen LogP contribution is 2.22. The molecule has 35 heavy (non-hydrogen) atoms. The number of ketones is 1. The summed E-state index contributed by atoms with van der Waals surface area (Å²) in [6, 6.07) is 6.89. The fourth-order valence-corrected chi connectivity index (χ4v) is 4.27. The van der Waals surface area contributed by atoms with Crippen molar-refractivity contribution in [2.75, 3.05) is 7.11 Å². The lowest BCUT2D eigenvalue weighted by atomic mass is 9.93. The van der Waals surface area contributed by atoms with Gasteiger partial charge in [-0.25, -0.2) is 4.39 Å². The lowest BCUT2D eigenvalue weighted by molar-refractivity contribution is -0.115. The van der Waals surface area contributed by atoms with Gasteiger partial charge in [0, 0.05) is 12.0 Å². The Morgan fingerprint density at radius 1 is 1.06 bits per heavy atom. The molecule has 0 saturated carbocycles. The second-order valence-corrected chi connectivity index (χ2v) is 9.46. The molecule has 1 rings (SSSR count). The first kappa shape index (κ1) is 30.6. The molecule has 1 atom stereocenters. The Hall–Kier alpha value is -2.42. The summed E-state index contributed by atoms with van der Waals surface area (Å²) < 4.78 is 18.5. The van der Waals surface area contributed by atoms with Crippen LogP contribution in [0.2, 0.25) is 0 Å². The summed E-state index contributed by atoms with van der Waals surface area (Å²) in [4.78, 5) is 12.9. The van der Waals surface area contributed by atoms with E-state index in [1.807, 2.05) is 24.3 Å². The molecule has 1 aromatic rings. The van der Waals surface area contributed by atoms with Gasteiger partial charge in [-0.2, -0.15) is 0 Å². The van der Waals surface area contributed by atoms with Gasteiger partial charge < -0.3 is 4.74 Å². The van der Waals surface area contributed by atoms with Gasteiger partial charge in [0.2, 0.25) is 0 Å². The Morgan fingerprint density at radius 2 is 1.74 bits per heavy atom. The molecule has 3 heteroatoms. The molecule has 0 bridgehead atoms. The lowest BCUT2D eigenvalue weighted by Crippen LogP contribution is -2.06. The highest BCUT2D eigenvalue weighted by molar-refractivity contribution is 5.99. The third-order valence-corrected chi connectivity index (χ3v) is 6.37. The molecule has 1 aromatic carbocycles. The van der Waals surface area contributed by atoms with E-state index in [4.69, 9.17) is 4.74 Å². The van der Waals surface area contributed by atoms with Gasteiger partial charge in [0.15, 0.2) is 5.78 Å². The van der Waals surface area contributed by atoms with Crippen LogP contribution in [0.5, 0.6) is 0 Å². The number of hydrogen-bond acceptors (Lipinski definition) is 2. The van der Waals surface area contributed by atoms with Gasteiger partial charge in [-0.1, -0.05) is 90.2 Å². The highest BCUT2D eigenvalue weighted by Gasteiger charge is 2.13. The van der Waals surface area contributed by atoms with Crippen LogP contribution >= 0.6 is 0 Å². The molecule has 2 nitrogen and oxygen atoms in total. The molecule has 194 valence electrons. The number of ether oxygens (including phenoxy) is 1. The molecule has 0 spiro atoms. The van der Waals surface area contributed by atoms with Gasteiger partial charge in [0.25, 0.3) is 0 Å². The predicted molar refractivity (Wildman–Crippen MR) is 148 cm³/mol. The first-order valence-electron chi connectivity index (χ1n) is 13.5. The Balaban J connectivity index is 2.51. The monoisotopic (exact) mass is 482 g/mol. The van der Waals surface area contributed by atoms with Crippen molar-refractivity contribution in [2.24, 2.45) is 5.92 Å². The van der Waals surface area contributed by atoms with E-state index < -0.39 is 0 Å². The van der Waals surface area contributed by atoms with E-state index in [1.165, 1.54) is 37.7 Å². The average Bonchev–Trinajstić information content (AvgIpc) is 2.86. The van der Waals surface area contributed by atoms with E-state index >= 15 is 0 Å². The molecule has 0 aliphatic carbocycles. The topological polar surface area (TPSA) is 26.3 Å². The summed E-state index contributed by atoms with van der Waals surface area (Å²) in [5.74, 6) is 1.41. The molecule has 0 fully saturated rings. The molecule has 0 N–H and O–H groups in total. The number of hydrogen-bond donors (Lipinski definition) is 0. The number of methoxy groups -OCH3 is 1.